The molecule has 0 atom stereocenters. The van der Waals surface area contributed by atoms with E-state index in [2.05, 4.69) is 48.7 Å². The Bertz CT molecular complexity index is 1500. The van der Waals surface area contributed by atoms with E-state index >= 15 is 0 Å². The third-order valence-corrected chi connectivity index (χ3v) is 5.81. The Morgan fingerprint density at radius 2 is 1.97 bits per heavy atom. The van der Waals surface area contributed by atoms with Crippen molar-refractivity contribution in [3.63, 3.8) is 0 Å². The molecule has 5 aromatic rings. The van der Waals surface area contributed by atoms with Crippen molar-refractivity contribution in [1.29, 1.82) is 0 Å². The molecule has 6 rings (SSSR count). The molecule has 4 heterocycles. The SMILES string of the molecule is Oc1cc(F)cc(-c2ccnc3nc(-c4n[nH]c5ccc(C6=CCNCC6)cc45)[nH]c23)c1. The van der Waals surface area contributed by atoms with Gasteiger partial charge in [0.1, 0.15) is 17.3 Å². The number of aromatic nitrogens is 5. The summed E-state index contributed by atoms with van der Waals surface area (Å²) in [5.74, 6) is -0.0752. The number of nitrogens with one attached hydrogen (secondary N) is 3. The van der Waals surface area contributed by atoms with E-state index < -0.39 is 5.82 Å². The highest BCUT2D eigenvalue weighted by Gasteiger charge is 2.17. The number of aromatic amines is 2. The van der Waals surface area contributed by atoms with Crippen molar-refractivity contribution in [2.24, 2.45) is 0 Å². The fraction of sp³-hybridized carbons (Fsp3) is 0.125. The molecule has 0 saturated carbocycles. The molecular formula is C24H19FN6O. The maximum absolute atomic E-state index is 13.9. The van der Waals surface area contributed by atoms with E-state index in [0.717, 1.165) is 36.5 Å². The maximum Gasteiger partial charge on any atom is 0.178 e. The summed E-state index contributed by atoms with van der Waals surface area (Å²) in [6, 6.07) is 12.0. The van der Waals surface area contributed by atoms with Crippen molar-refractivity contribution in [2.75, 3.05) is 13.1 Å². The third kappa shape index (κ3) is 3.12. The number of pyridine rings is 1. The second kappa shape index (κ2) is 7.28. The minimum Gasteiger partial charge on any atom is -0.508 e. The zero-order valence-corrected chi connectivity index (χ0v) is 17.0. The first kappa shape index (κ1) is 18.7. The van der Waals surface area contributed by atoms with Gasteiger partial charge < -0.3 is 15.4 Å². The van der Waals surface area contributed by atoms with Crippen LogP contribution in [-0.2, 0) is 0 Å². The smallest absolute Gasteiger partial charge is 0.178 e. The lowest BCUT2D eigenvalue weighted by atomic mass is 9.98. The van der Waals surface area contributed by atoms with Gasteiger partial charge in [-0.1, -0.05) is 12.1 Å². The van der Waals surface area contributed by atoms with Crippen LogP contribution in [0.1, 0.15) is 12.0 Å². The van der Waals surface area contributed by atoms with Crippen molar-refractivity contribution in [3.8, 4) is 28.4 Å². The summed E-state index contributed by atoms with van der Waals surface area (Å²) in [5.41, 5.74) is 6.49. The molecule has 158 valence electrons. The summed E-state index contributed by atoms with van der Waals surface area (Å²) in [4.78, 5) is 12.3. The number of hydrogen-bond donors (Lipinski definition) is 4. The van der Waals surface area contributed by atoms with Crippen molar-refractivity contribution in [1.82, 2.24) is 30.5 Å². The number of halogens is 1. The first-order valence-corrected chi connectivity index (χ1v) is 10.4. The largest absolute Gasteiger partial charge is 0.508 e. The van der Waals surface area contributed by atoms with Gasteiger partial charge in [-0.15, -0.1) is 0 Å². The molecule has 0 radical (unpaired) electrons. The fourth-order valence-electron chi connectivity index (χ4n) is 4.27. The highest BCUT2D eigenvalue weighted by atomic mass is 19.1. The Hall–Kier alpha value is -4.04. The van der Waals surface area contributed by atoms with Gasteiger partial charge in [-0.3, -0.25) is 5.10 Å². The van der Waals surface area contributed by atoms with Crippen LogP contribution in [0, 0.1) is 5.82 Å². The lowest BCUT2D eigenvalue weighted by molar-refractivity contribution is 0.469. The zero-order valence-electron chi connectivity index (χ0n) is 17.0. The Morgan fingerprint density at radius 3 is 2.81 bits per heavy atom. The van der Waals surface area contributed by atoms with Gasteiger partial charge in [-0.05, 0) is 60.0 Å². The van der Waals surface area contributed by atoms with E-state index in [0.29, 0.717) is 33.8 Å². The standard InChI is InChI=1S/C24H19FN6O/c25-16-9-15(10-17(32)12-16)18-5-8-27-23-21(18)28-24(29-23)22-19-11-14(1-2-20(19)30-31-22)13-3-6-26-7-4-13/h1-3,5,8-12,26,32H,4,6-7H2,(H,30,31)(H,27,28,29). The van der Waals surface area contributed by atoms with E-state index in [9.17, 15) is 9.50 Å². The summed E-state index contributed by atoms with van der Waals surface area (Å²) in [6.07, 6.45) is 4.82. The number of phenolic OH excluding ortho intramolecular Hbond substituents is 1. The Labute approximate surface area is 182 Å². The van der Waals surface area contributed by atoms with Gasteiger partial charge in [-0.2, -0.15) is 5.10 Å². The number of H-pyrrole nitrogens is 2. The summed E-state index contributed by atoms with van der Waals surface area (Å²) >= 11 is 0. The lowest BCUT2D eigenvalue weighted by Gasteiger charge is -2.14. The number of benzene rings is 2. The topological polar surface area (TPSA) is 103 Å². The highest BCUT2D eigenvalue weighted by Crippen LogP contribution is 2.33. The normalized spacial score (nSPS) is 14.2. The first-order valence-electron chi connectivity index (χ1n) is 10.4. The van der Waals surface area contributed by atoms with Gasteiger partial charge in [0.25, 0.3) is 0 Å². The van der Waals surface area contributed by atoms with Crippen molar-refractivity contribution in [2.45, 2.75) is 6.42 Å². The number of rotatable bonds is 3. The lowest BCUT2D eigenvalue weighted by Crippen LogP contribution is -2.19. The molecule has 1 aliphatic rings. The minimum absolute atomic E-state index is 0.136. The van der Waals surface area contributed by atoms with E-state index in [1.54, 1.807) is 12.3 Å². The molecule has 8 heteroatoms. The molecule has 0 aliphatic carbocycles. The minimum atomic E-state index is -0.511. The summed E-state index contributed by atoms with van der Waals surface area (Å²) in [7, 11) is 0. The summed E-state index contributed by atoms with van der Waals surface area (Å²) in [6.45, 7) is 1.84. The van der Waals surface area contributed by atoms with Crippen LogP contribution in [0.15, 0.2) is 54.7 Å². The van der Waals surface area contributed by atoms with Gasteiger partial charge in [-0.25, -0.2) is 14.4 Å². The van der Waals surface area contributed by atoms with E-state index in [4.69, 9.17) is 0 Å². The molecule has 2 aromatic carbocycles. The van der Waals surface area contributed by atoms with Gasteiger partial charge in [0.15, 0.2) is 11.5 Å². The number of aromatic hydroxyl groups is 1. The average molecular weight is 426 g/mol. The Balaban J connectivity index is 1.49. The number of imidazole rings is 1. The molecule has 7 nitrogen and oxygen atoms in total. The van der Waals surface area contributed by atoms with Crippen molar-refractivity contribution < 1.29 is 9.50 Å². The predicted molar refractivity (Wildman–Crippen MR) is 121 cm³/mol. The van der Waals surface area contributed by atoms with Crippen LogP contribution in [0.4, 0.5) is 4.39 Å². The predicted octanol–water partition coefficient (Wildman–Crippen LogP) is 4.39. The number of nitrogens with zero attached hydrogens (tertiary/aromatic N) is 3. The number of fused-ring (bicyclic) bond motifs is 2. The molecule has 3 aromatic heterocycles. The maximum atomic E-state index is 13.9. The third-order valence-electron chi connectivity index (χ3n) is 5.81. The molecule has 32 heavy (non-hydrogen) atoms. The summed E-state index contributed by atoms with van der Waals surface area (Å²) < 4.78 is 13.9. The van der Waals surface area contributed by atoms with Gasteiger partial charge >= 0.3 is 0 Å². The number of phenols is 1. The zero-order chi connectivity index (χ0) is 21.7. The van der Waals surface area contributed by atoms with Crippen LogP contribution < -0.4 is 5.32 Å². The molecule has 0 spiro atoms. The van der Waals surface area contributed by atoms with Crippen molar-refractivity contribution >= 4 is 27.6 Å². The molecule has 0 bridgehead atoms. The molecule has 0 fully saturated rings. The van der Waals surface area contributed by atoms with E-state index in [1.807, 2.05) is 6.07 Å². The van der Waals surface area contributed by atoms with E-state index in [-0.39, 0.29) is 5.75 Å². The van der Waals surface area contributed by atoms with Crippen LogP contribution >= 0.6 is 0 Å². The molecular weight excluding hydrogens is 407 g/mol. The van der Waals surface area contributed by atoms with Crippen LogP contribution in [0.3, 0.4) is 0 Å². The molecule has 0 saturated heterocycles. The summed E-state index contributed by atoms with van der Waals surface area (Å²) in [5, 5.41) is 21.7. The highest BCUT2D eigenvalue weighted by molar-refractivity contribution is 5.97. The average Bonchev–Trinajstić information content (AvgIpc) is 3.42. The quantitative estimate of drug-likeness (QED) is 0.343. The monoisotopic (exact) mass is 426 g/mol. The number of hydrogen-bond acceptors (Lipinski definition) is 5. The first-order chi connectivity index (χ1) is 15.7. The van der Waals surface area contributed by atoms with Gasteiger partial charge in [0.05, 0.1) is 11.0 Å². The Kier molecular flexibility index (Phi) is 4.26. The van der Waals surface area contributed by atoms with Crippen LogP contribution in [0.25, 0.3) is 50.3 Å². The molecule has 0 amide bonds. The molecule has 0 unspecified atom stereocenters. The van der Waals surface area contributed by atoms with Crippen LogP contribution in [0.2, 0.25) is 0 Å². The Morgan fingerprint density at radius 1 is 1.03 bits per heavy atom. The van der Waals surface area contributed by atoms with E-state index in [1.165, 1.54) is 23.3 Å². The molecule has 1 aliphatic heterocycles. The van der Waals surface area contributed by atoms with Gasteiger partial charge in [0.2, 0.25) is 0 Å². The van der Waals surface area contributed by atoms with Crippen LogP contribution in [-0.4, -0.2) is 43.3 Å². The van der Waals surface area contributed by atoms with Crippen molar-refractivity contribution in [3.05, 3.63) is 66.1 Å². The second-order valence-corrected chi connectivity index (χ2v) is 7.86. The van der Waals surface area contributed by atoms with Crippen LogP contribution in [0.5, 0.6) is 5.75 Å². The van der Waals surface area contributed by atoms with Gasteiger partial charge in [0, 0.05) is 29.8 Å². The fourth-order valence-corrected chi connectivity index (χ4v) is 4.27. The second-order valence-electron chi connectivity index (χ2n) is 7.86. The molecule has 4 N–H and O–H groups in total.